The van der Waals surface area contributed by atoms with Crippen LogP contribution in [-0.4, -0.2) is 79.2 Å². The second-order valence-corrected chi connectivity index (χ2v) is 9.47. The number of carbonyl (C=O) groups is 3. The minimum Gasteiger partial charge on any atom is -0.444 e. The average molecular weight is 398 g/mol. The van der Waals surface area contributed by atoms with E-state index in [0.29, 0.717) is 39.2 Å². The highest BCUT2D eigenvalue weighted by Crippen LogP contribution is 2.31. The number of carbonyl (C=O) groups excluding carboxylic acids is 3. The molecule has 0 aliphatic carbocycles. The van der Waals surface area contributed by atoms with Gasteiger partial charge in [-0.25, -0.2) is 4.79 Å². The van der Waals surface area contributed by atoms with E-state index in [1.165, 1.54) is 0 Å². The van der Waals surface area contributed by atoms with Crippen molar-refractivity contribution >= 4 is 17.9 Å². The standard InChI is InChI=1S/C20H35N3O5/c1-19(2,3)28-18(26)23-8-7-15(20(4,5)13-23)21-17(25)14-11-16(24)22(12-14)9-10-27-6/h14-15H,7-13H2,1-6H3,(H,21,25)/t14-,15-/m0/s1. The molecule has 2 rings (SSSR count). The number of ether oxygens (including phenoxy) is 2. The molecule has 0 radical (unpaired) electrons. The predicted molar refractivity (Wildman–Crippen MR) is 105 cm³/mol. The smallest absolute Gasteiger partial charge is 0.410 e. The number of hydrogen-bond acceptors (Lipinski definition) is 5. The third kappa shape index (κ3) is 5.83. The highest BCUT2D eigenvalue weighted by Gasteiger charge is 2.41. The SMILES string of the molecule is COCCN1C[C@@H](C(=O)N[C@H]2CCN(C(=O)OC(C)(C)C)CC2(C)C)CC1=O. The molecule has 160 valence electrons. The molecule has 0 aromatic carbocycles. The third-order valence-corrected chi connectivity index (χ3v) is 5.35. The Morgan fingerprint density at radius 1 is 1.29 bits per heavy atom. The van der Waals surface area contributed by atoms with Gasteiger partial charge in [0.1, 0.15) is 5.60 Å². The number of amides is 3. The summed E-state index contributed by atoms with van der Waals surface area (Å²) in [7, 11) is 1.59. The van der Waals surface area contributed by atoms with Crippen molar-refractivity contribution < 1.29 is 23.9 Å². The van der Waals surface area contributed by atoms with Gasteiger partial charge in [-0.3, -0.25) is 9.59 Å². The summed E-state index contributed by atoms with van der Waals surface area (Å²) in [5.74, 6) is -0.419. The van der Waals surface area contributed by atoms with Gasteiger partial charge in [0.25, 0.3) is 0 Å². The molecule has 2 atom stereocenters. The molecule has 2 heterocycles. The zero-order valence-corrected chi connectivity index (χ0v) is 18.0. The van der Waals surface area contributed by atoms with E-state index < -0.39 is 5.60 Å². The molecule has 8 nitrogen and oxygen atoms in total. The van der Waals surface area contributed by atoms with Crippen molar-refractivity contribution in [3.05, 3.63) is 0 Å². The summed E-state index contributed by atoms with van der Waals surface area (Å²) in [6.07, 6.45) is 0.583. The number of nitrogens with one attached hydrogen (secondary N) is 1. The largest absolute Gasteiger partial charge is 0.444 e. The Morgan fingerprint density at radius 3 is 2.54 bits per heavy atom. The van der Waals surface area contributed by atoms with Crippen molar-refractivity contribution in [3.63, 3.8) is 0 Å². The lowest BCUT2D eigenvalue weighted by Crippen LogP contribution is -2.58. The second kappa shape index (κ2) is 8.68. The zero-order chi connectivity index (χ0) is 21.1. The van der Waals surface area contributed by atoms with Gasteiger partial charge in [0, 0.05) is 51.2 Å². The molecule has 0 unspecified atom stereocenters. The normalized spacial score (nSPS) is 25.0. The highest BCUT2D eigenvalue weighted by molar-refractivity contribution is 5.89. The van der Waals surface area contributed by atoms with Gasteiger partial charge in [0.2, 0.25) is 11.8 Å². The van der Waals surface area contributed by atoms with Gasteiger partial charge in [-0.15, -0.1) is 0 Å². The number of hydrogen-bond donors (Lipinski definition) is 1. The number of rotatable bonds is 5. The Balaban J connectivity index is 1.90. The van der Waals surface area contributed by atoms with E-state index in [-0.39, 0.29) is 41.7 Å². The van der Waals surface area contributed by atoms with Crippen molar-refractivity contribution in [2.75, 3.05) is 39.9 Å². The van der Waals surface area contributed by atoms with Gasteiger partial charge in [0.15, 0.2) is 0 Å². The lowest BCUT2D eigenvalue weighted by Gasteiger charge is -2.44. The lowest BCUT2D eigenvalue weighted by molar-refractivity contribution is -0.130. The van der Waals surface area contributed by atoms with Crippen molar-refractivity contribution in [3.8, 4) is 0 Å². The van der Waals surface area contributed by atoms with E-state index in [1.54, 1.807) is 16.9 Å². The molecule has 0 bridgehead atoms. The first-order chi connectivity index (χ1) is 12.9. The Labute approximate surface area is 167 Å². The summed E-state index contributed by atoms with van der Waals surface area (Å²) in [6.45, 7) is 12.1. The second-order valence-electron chi connectivity index (χ2n) is 9.47. The minimum atomic E-state index is -0.532. The highest BCUT2D eigenvalue weighted by atomic mass is 16.6. The van der Waals surface area contributed by atoms with Crippen LogP contribution in [0.2, 0.25) is 0 Å². The summed E-state index contributed by atoms with van der Waals surface area (Å²) in [5.41, 5.74) is -0.820. The monoisotopic (exact) mass is 397 g/mol. The fourth-order valence-corrected chi connectivity index (χ4v) is 3.76. The number of methoxy groups -OCH3 is 1. The van der Waals surface area contributed by atoms with Crippen LogP contribution in [0.5, 0.6) is 0 Å². The first kappa shape index (κ1) is 22.5. The van der Waals surface area contributed by atoms with Crippen LogP contribution in [0.3, 0.4) is 0 Å². The molecular weight excluding hydrogens is 362 g/mol. The lowest BCUT2D eigenvalue weighted by atomic mass is 9.79. The van der Waals surface area contributed by atoms with Gasteiger partial charge < -0.3 is 24.6 Å². The Morgan fingerprint density at radius 2 is 1.96 bits per heavy atom. The molecule has 2 saturated heterocycles. The van der Waals surface area contributed by atoms with Crippen LogP contribution < -0.4 is 5.32 Å². The average Bonchev–Trinajstić information content (AvgIpc) is 2.93. The maximum atomic E-state index is 12.7. The van der Waals surface area contributed by atoms with Gasteiger partial charge in [-0.05, 0) is 27.2 Å². The fourth-order valence-electron chi connectivity index (χ4n) is 3.76. The van der Waals surface area contributed by atoms with Crippen molar-refractivity contribution in [2.45, 2.75) is 59.1 Å². The summed E-state index contributed by atoms with van der Waals surface area (Å²) in [5, 5.41) is 3.13. The predicted octanol–water partition coefficient (Wildman–Crippen LogP) is 1.63. The van der Waals surface area contributed by atoms with Gasteiger partial charge in [-0.2, -0.15) is 0 Å². The maximum Gasteiger partial charge on any atom is 0.410 e. The molecule has 28 heavy (non-hydrogen) atoms. The summed E-state index contributed by atoms with van der Waals surface area (Å²) in [4.78, 5) is 40.6. The van der Waals surface area contributed by atoms with Crippen molar-refractivity contribution in [1.29, 1.82) is 0 Å². The van der Waals surface area contributed by atoms with Crippen LogP contribution in [0.25, 0.3) is 0 Å². The minimum absolute atomic E-state index is 0.00351. The first-order valence-electron chi connectivity index (χ1n) is 9.98. The quantitative estimate of drug-likeness (QED) is 0.762. The maximum absolute atomic E-state index is 12.7. The zero-order valence-electron chi connectivity index (χ0n) is 18.0. The molecule has 2 aliphatic heterocycles. The number of likely N-dealkylation sites (tertiary alicyclic amines) is 2. The topological polar surface area (TPSA) is 88.2 Å². The van der Waals surface area contributed by atoms with E-state index in [1.807, 2.05) is 34.6 Å². The Hall–Kier alpha value is -1.83. The van der Waals surface area contributed by atoms with E-state index in [0.717, 1.165) is 0 Å². The van der Waals surface area contributed by atoms with E-state index in [9.17, 15) is 14.4 Å². The molecule has 0 aromatic rings. The third-order valence-electron chi connectivity index (χ3n) is 5.35. The van der Waals surface area contributed by atoms with Crippen LogP contribution in [0.4, 0.5) is 4.79 Å². The Bertz CT molecular complexity index is 599. The summed E-state index contributed by atoms with van der Waals surface area (Å²) >= 11 is 0. The van der Waals surface area contributed by atoms with E-state index >= 15 is 0 Å². The summed E-state index contributed by atoms with van der Waals surface area (Å²) < 4.78 is 10.5. The van der Waals surface area contributed by atoms with Crippen molar-refractivity contribution in [2.24, 2.45) is 11.3 Å². The van der Waals surface area contributed by atoms with Gasteiger partial charge >= 0.3 is 6.09 Å². The van der Waals surface area contributed by atoms with Crippen LogP contribution in [-0.2, 0) is 19.1 Å². The fraction of sp³-hybridized carbons (Fsp3) is 0.850. The molecule has 3 amide bonds. The number of nitrogens with zero attached hydrogens (tertiary/aromatic N) is 2. The van der Waals surface area contributed by atoms with E-state index in [2.05, 4.69) is 5.32 Å². The molecule has 0 spiro atoms. The molecule has 0 saturated carbocycles. The Kier molecular flexibility index (Phi) is 6.96. The molecule has 8 heteroatoms. The van der Waals surface area contributed by atoms with E-state index in [4.69, 9.17) is 9.47 Å². The van der Waals surface area contributed by atoms with Gasteiger partial charge in [-0.1, -0.05) is 13.8 Å². The van der Waals surface area contributed by atoms with Crippen LogP contribution in [0.1, 0.15) is 47.5 Å². The van der Waals surface area contributed by atoms with Crippen LogP contribution in [0, 0.1) is 11.3 Å². The van der Waals surface area contributed by atoms with Crippen LogP contribution in [0.15, 0.2) is 0 Å². The van der Waals surface area contributed by atoms with Gasteiger partial charge in [0.05, 0.1) is 12.5 Å². The molecule has 0 aromatic heterocycles. The number of piperidine rings is 1. The van der Waals surface area contributed by atoms with Crippen molar-refractivity contribution in [1.82, 2.24) is 15.1 Å². The molecule has 2 fully saturated rings. The first-order valence-corrected chi connectivity index (χ1v) is 9.98. The molecule has 1 N–H and O–H groups in total. The molecular formula is C20H35N3O5. The summed E-state index contributed by atoms with van der Waals surface area (Å²) in [6, 6.07) is -0.0539. The molecule has 2 aliphatic rings. The van der Waals surface area contributed by atoms with Crippen LogP contribution >= 0.6 is 0 Å².